The topological polar surface area (TPSA) is 44.3 Å². The van der Waals surface area contributed by atoms with Gasteiger partial charge in [-0.2, -0.15) is 0 Å². The molecule has 1 aliphatic heterocycles. The van der Waals surface area contributed by atoms with Gasteiger partial charge in [0.15, 0.2) is 0 Å². The van der Waals surface area contributed by atoms with Crippen molar-refractivity contribution >= 4 is 22.6 Å². The average Bonchev–Trinajstić information content (AvgIpc) is 2.06. The molecule has 0 bridgehead atoms. The summed E-state index contributed by atoms with van der Waals surface area (Å²) in [5, 5.41) is 16.5. The normalized spacial score (nSPS) is 51.5. The van der Waals surface area contributed by atoms with Gasteiger partial charge in [0, 0.05) is 15.9 Å². The molecule has 4 heteroatoms. The second-order valence-electron chi connectivity index (χ2n) is 4.18. The standard InChI is InChI=1S/C9H17IN2O/c1-5-11-8-3-2-6(10)4-7(8)9(13)12-5/h5-9,11-13H,2-4H2,1H3. The van der Waals surface area contributed by atoms with E-state index in [1.165, 1.54) is 12.8 Å². The summed E-state index contributed by atoms with van der Waals surface area (Å²) in [5.41, 5.74) is 0. The third-order valence-corrected chi connectivity index (χ3v) is 4.26. The number of hydrogen-bond donors (Lipinski definition) is 3. The van der Waals surface area contributed by atoms with Gasteiger partial charge in [-0.15, -0.1) is 0 Å². The molecule has 76 valence electrons. The summed E-state index contributed by atoms with van der Waals surface area (Å²) in [6.45, 7) is 2.07. The molecule has 3 nitrogen and oxygen atoms in total. The Balaban J connectivity index is 2.02. The van der Waals surface area contributed by atoms with E-state index in [-0.39, 0.29) is 12.4 Å². The van der Waals surface area contributed by atoms with Crippen molar-refractivity contribution in [3.63, 3.8) is 0 Å². The minimum atomic E-state index is -0.307. The summed E-state index contributed by atoms with van der Waals surface area (Å²) in [4.78, 5) is 0. The Kier molecular flexibility index (Phi) is 3.12. The lowest BCUT2D eigenvalue weighted by Crippen LogP contribution is -2.63. The first-order valence-electron chi connectivity index (χ1n) is 5.01. The summed E-state index contributed by atoms with van der Waals surface area (Å²) in [6, 6.07) is 0.525. The van der Waals surface area contributed by atoms with Crippen LogP contribution < -0.4 is 10.6 Å². The second-order valence-corrected chi connectivity index (χ2v) is 5.94. The smallest absolute Gasteiger partial charge is 0.110 e. The van der Waals surface area contributed by atoms with Gasteiger partial charge in [-0.3, -0.25) is 10.6 Å². The lowest BCUT2D eigenvalue weighted by atomic mass is 9.81. The van der Waals surface area contributed by atoms with Gasteiger partial charge in [-0.25, -0.2) is 0 Å². The Morgan fingerprint density at radius 2 is 2.08 bits per heavy atom. The van der Waals surface area contributed by atoms with Crippen molar-refractivity contribution in [1.29, 1.82) is 0 Å². The lowest BCUT2D eigenvalue weighted by Gasteiger charge is -2.44. The molecule has 1 saturated carbocycles. The molecule has 0 aromatic rings. The molecule has 0 aromatic carbocycles. The van der Waals surface area contributed by atoms with Crippen LogP contribution in [0.3, 0.4) is 0 Å². The first-order chi connectivity index (χ1) is 6.16. The van der Waals surface area contributed by atoms with Crippen molar-refractivity contribution in [2.75, 3.05) is 0 Å². The van der Waals surface area contributed by atoms with E-state index in [9.17, 15) is 5.11 Å². The Bertz CT molecular complexity index is 190. The Labute approximate surface area is 92.8 Å². The van der Waals surface area contributed by atoms with Gasteiger partial charge in [0.2, 0.25) is 0 Å². The highest BCUT2D eigenvalue weighted by molar-refractivity contribution is 14.1. The van der Waals surface area contributed by atoms with Gasteiger partial charge in [0.25, 0.3) is 0 Å². The second kappa shape index (κ2) is 4.00. The summed E-state index contributed by atoms with van der Waals surface area (Å²) < 4.78 is 0.741. The Morgan fingerprint density at radius 1 is 1.31 bits per heavy atom. The molecule has 0 spiro atoms. The van der Waals surface area contributed by atoms with Crippen LogP contribution in [0.4, 0.5) is 0 Å². The van der Waals surface area contributed by atoms with Crippen LogP contribution in [-0.2, 0) is 0 Å². The zero-order chi connectivity index (χ0) is 9.42. The van der Waals surface area contributed by atoms with E-state index in [4.69, 9.17) is 0 Å². The maximum atomic E-state index is 9.84. The first-order valence-corrected chi connectivity index (χ1v) is 6.25. The molecule has 1 heterocycles. The summed E-state index contributed by atoms with van der Waals surface area (Å²) >= 11 is 2.49. The van der Waals surface area contributed by atoms with Crippen molar-refractivity contribution in [3.8, 4) is 0 Å². The van der Waals surface area contributed by atoms with Crippen molar-refractivity contribution in [2.24, 2.45) is 5.92 Å². The van der Waals surface area contributed by atoms with Gasteiger partial charge in [0.05, 0.1) is 6.17 Å². The summed E-state index contributed by atoms with van der Waals surface area (Å²) in [6.07, 6.45) is 3.58. The van der Waals surface area contributed by atoms with E-state index >= 15 is 0 Å². The molecule has 5 atom stereocenters. The third-order valence-electron chi connectivity index (χ3n) is 3.13. The van der Waals surface area contributed by atoms with E-state index in [0.717, 1.165) is 10.3 Å². The van der Waals surface area contributed by atoms with Gasteiger partial charge in [0.1, 0.15) is 6.23 Å². The van der Waals surface area contributed by atoms with Crippen LogP contribution in [0.5, 0.6) is 0 Å². The highest BCUT2D eigenvalue weighted by Gasteiger charge is 2.38. The van der Waals surface area contributed by atoms with Crippen LogP contribution in [-0.4, -0.2) is 27.5 Å². The Hall–Kier alpha value is 0.610. The molecule has 2 fully saturated rings. The number of fused-ring (bicyclic) bond motifs is 1. The first kappa shape index (κ1) is 10.1. The van der Waals surface area contributed by atoms with E-state index in [1.807, 2.05) is 0 Å². The highest BCUT2D eigenvalue weighted by atomic mass is 127. The molecule has 3 N–H and O–H groups in total. The number of alkyl halides is 1. The fraction of sp³-hybridized carbons (Fsp3) is 1.00. The molecule has 1 saturated heterocycles. The zero-order valence-corrected chi connectivity index (χ0v) is 9.99. The van der Waals surface area contributed by atoms with E-state index < -0.39 is 0 Å². The van der Waals surface area contributed by atoms with Gasteiger partial charge in [-0.05, 0) is 26.2 Å². The fourth-order valence-corrected chi connectivity index (χ4v) is 3.40. The average molecular weight is 296 g/mol. The predicted octanol–water partition coefficient (Wildman–Crippen LogP) is 0.816. The highest BCUT2D eigenvalue weighted by Crippen LogP contribution is 2.33. The number of aliphatic hydroxyl groups is 1. The van der Waals surface area contributed by atoms with E-state index in [1.54, 1.807) is 0 Å². The van der Waals surface area contributed by atoms with E-state index in [0.29, 0.717) is 12.0 Å². The van der Waals surface area contributed by atoms with Crippen LogP contribution in [0, 0.1) is 5.92 Å². The summed E-state index contributed by atoms with van der Waals surface area (Å²) in [7, 11) is 0. The monoisotopic (exact) mass is 296 g/mol. The van der Waals surface area contributed by atoms with E-state index in [2.05, 4.69) is 40.1 Å². The minimum absolute atomic E-state index is 0.252. The van der Waals surface area contributed by atoms with Crippen LogP contribution in [0.2, 0.25) is 0 Å². The summed E-state index contributed by atoms with van der Waals surface area (Å²) in [5.74, 6) is 0.409. The number of halogens is 1. The molecule has 0 aromatic heterocycles. The maximum Gasteiger partial charge on any atom is 0.110 e. The predicted molar refractivity (Wildman–Crippen MR) is 60.7 cm³/mol. The molecular weight excluding hydrogens is 279 g/mol. The van der Waals surface area contributed by atoms with Crippen LogP contribution >= 0.6 is 22.6 Å². The number of aliphatic hydroxyl groups excluding tert-OH is 1. The van der Waals surface area contributed by atoms with Crippen LogP contribution in [0.25, 0.3) is 0 Å². The number of rotatable bonds is 0. The maximum absolute atomic E-state index is 9.84. The molecule has 2 rings (SSSR count). The molecule has 1 aliphatic carbocycles. The molecule has 0 radical (unpaired) electrons. The molecule has 13 heavy (non-hydrogen) atoms. The Morgan fingerprint density at radius 3 is 2.85 bits per heavy atom. The number of hydrogen-bond acceptors (Lipinski definition) is 3. The van der Waals surface area contributed by atoms with Gasteiger partial charge in [-0.1, -0.05) is 22.6 Å². The molecule has 0 amide bonds. The SMILES string of the molecule is CC1NC(O)C2CC(I)CCC2N1. The van der Waals surface area contributed by atoms with Crippen molar-refractivity contribution in [1.82, 2.24) is 10.6 Å². The lowest BCUT2D eigenvalue weighted by molar-refractivity contribution is -0.00829. The van der Waals surface area contributed by atoms with Crippen LogP contribution in [0.1, 0.15) is 26.2 Å². The molecule has 2 aliphatic rings. The number of nitrogens with one attached hydrogen (secondary N) is 2. The molecule has 5 unspecified atom stereocenters. The van der Waals surface area contributed by atoms with Crippen molar-refractivity contribution in [2.45, 2.75) is 48.5 Å². The fourth-order valence-electron chi connectivity index (χ4n) is 2.46. The quantitative estimate of drug-likeness (QED) is 0.458. The molecular formula is C9H17IN2O. The largest absolute Gasteiger partial charge is 0.378 e. The zero-order valence-electron chi connectivity index (χ0n) is 7.83. The van der Waals surface area contributed by atoms with Crippen molar-refractivity contribution < 1.29 is 5.11 Å². The van der Waals surface area contributed by atoms with Crippen LogP contribution in [0.15, 0.2) is 0 Å². The van der Waals surface area contributed by atoms with Crippen molar-refractivity contribution in [3.05, 3.63) is 0 Å². The minimum Gasteiger partial charge on any atom is -0.378 e. The van der Waals surface area contributed by atoms with Gasteiger partial charge >= 0.3 is 0 Å². The van der Waals surface area contributed by atoms with Gasteiger partial charge < -0.3 is 5.11 Å². The third kappa shape index (κ3) is 2.16.